The smallest absolute Gasteiger partial charge is 0.273 e. The topological polar surface area (TPSA) is 127 Å². The van der Waals surface area contributed by atoms with Crippen LogP contribution in [0, 0.1) is 13.8 Å². The molecule has 0 unspecified atom stereocenters. The van der Waals surface area contributed by atoms with Crippen molar-refractivity contribution < 1.29 is 13.2 Å². The molecule has 4 N–H and O–H groups in total. The van der Waals surface area contributed by atoms with Crippen LogP contribution in [0.15, 0.2) is 35.5 Å². The fourth-order valence-electron chi connectivity index (χ4n) is 2.04. The van der Waals surface area contributed by atoms with Gasteiger partial charge in [0.2, 0.25) is 10.0 Å². The number of nitrogens with zero attached hydrogens (tertiary/aromatic N) is 2. The lowest BCUT2D eigenvalue weighted by Gasteiger charge is -2.11. The molecule has 1 heterocycles. The Labute approximate surface area is 140 Å². The van der Waals surface area contributed by atoms with Crippen LogP contribution >= 0.6 is 0 Å². The zero-order valence-corrected chi connectivity index (χ0v) is 14.2. The summed E-state index contributed by atoms with van der Waals surface area (Å²) in [6.07, 6.45) is 2.74. The van der Waals surface area contributed by atoms with Gasteiger partial charge in [-0.25, -0.2) is 23.1 Å². The third-order valence-electron chi connectivity index (χ3n) is 3.28. The van der Waals surface area contributed by atoms with Crippen LogP contribution in [0.2, 0.25) is 0 Å². The molecule has 8 nitrogen and oxygen atoms in total. The largest absolute Gasteiger partial charge is 0.382 e. The van der Waals surface area contributed by atoms with Crippen molar-refractivity contribution in [3.63, 3.8) is 0 Å². The van der Waals surface area contributed by atoms with E-state index in [4.69, 9.17) is 5.73 Å². The van der Waals surface area contributed by atoms with Gasteiger partial charge < -0.3 is 11.1 Å². The Balaban J connectivity index is 1.93. The maximum atomic E-state index is 12.3. The van der Waals surface area contributed by atoms with Gasteiger partial charge in [-0.3, -0.25) is 4.79 Å². The number of nitrogens with two attached hydrogens (primary N) is 1. The van der Waals surface area contributed by atoms with Gasteiger partial charge in [0, 0.05) is 25.5 Å². The summed E-state index contributed by atoms with van der Waals surface area (Å²) in [5, 5.41) is 2.54. The number of sulfonamides is 1. The highest BCUT2D eigenvalue weighted by atomic mass is 32.2. The van der Waals surface area contributed by atoms with Gasteiger partial charge in [-0.15, -0.1) is 0 Å². The van der Waals surface area contributed by atoms with E-state index in [-0.39, 0.29) is 29.5 Å². The summed E-state index contributed by atoms with van der Waals surface area (Å²) < 4.78 is 27.1. The number of hydrogen-bond donors (Lipinski definition) is 3. The van der Waals surface area contributed by atoms with Gasteiger partial charge in [0.1, 0.15) is 0 Å². The van der Waals surface area contributed by atoms with Gasteiger partial charge in [0.15, 0.2) is 11.5 Å². The maximum absolute atomic E-state index is 12.3. The third kappa shape index (κ3) is 4.27. The second-order valence-corrected chi connectivity index (χ2v) is 6.95. The number of carbonyl (C=O) groups excluding carboxylic acids is 1. The number of aryl methyl sites for hydroxylation is 2. The van der Waals surface area contributed by atoms with Crippen molar-refractivity contribution in [1.29, 1.82) is 0 Å². The number of carbonyl (C=O) groups is 1. The Morgan fingerprint density at radius 1 is 1.17 bits per heavy atom. The first kappa shape index (κ1) is 17.8. The lowest BCUT2D eigenvalue weighted by Crippen LogP contribution is -2.35. The molecule has 1 aromatic heterocycles. The highest BCUT2D eigenvalue weighted by Gasteiger charge is 2.17. The van der Waals surface area contributed by atoms with E-state index in [2.05, 4.69) is 20.0 Å². The van der Waals surface area contributed by atoms with Gasteiger partial charge in [-0.1, -0.05) is 12.1 Å². The first-order chi connectivity index (χ1) is 11.3. The zero-order valence-electron chi connectivity index (χ0n) is 13.4. The second kappa shape index (κ2) is 7.37. The van der Waals surface area contributed by atoms with E-state index in [1.165, 1.54) is 12.4 Å². The van der Waals surface area contributed by atoms with E-state index in [1.807, 2.05) is 13.0 Å². The van der Waals surface area contributed by atoms with Crippen molar-refractivity contribution in [3.05, 3.63) is 47.4 Å². The number of anilines is 1. The van der Waals surface area contributed by atoms with E-state index >= 15 is 0 Å². The molecule has 0 aliphatic carbocycles. The van der Waals surface area contributed by atoms with Gasteiger partial charge in [-0.05, 0) is 31.0 Å². The van der Waals surface area contributed by atoms with Crippen LogP contribution in [0.25, 0.3) is 0 Å². The molecule has 0 aliphatic rings. The van der Waals surface area contributed by atoms with Crippen LogP contribution in [0.1, 0.15) is 21.6 Å². The van der Waals surface area contributed by atoms with Crippen LogP contribution in [0.5, 0.6) is 0 Å². The molecule has 0 atom stereocenters. The van der Waals surface area contributed by atoms with Crippen molar-refractivity contribution in [1.82, 2.24) is 20.0 Å². The minimum atomic E-state index is -3.64. The lowest BCUT2D eigenvalue weighted by molar-refractivity contribution is 0.0950. The molecule has 24 heavy (non-hydrogen) atoms. The van der Waals surface area contributed by atoms with Crippen LogP contribution in [-0.2, 0) is 10.0 Å². The number of nitrogen functional groups attached to an aromatic ring is 1. The monoisotopic (exact) mass is 349 g/mol. The van der Waals surface area contributed by atoms with Gasteiger partial charge in [0.05, 0.1) is 4.90 Å². The molecule has 0 saturated heterocycles. The number of amides is 1. The molecule has 2 aromatic rings. The highest BCUT2D eigenvalue weighted by molar-refractivity contribution is 7.89. The average Bonchev–Trinajstić information content (AvgIpc) is 2.54. The van der Waals surface area contributed by atoms with Crippen molar-refractivity contribution in [3.8, 4) is 0 Å². The first-order valence-electron chi connectivity index (χ1n) is 7.23. The zero-order chi connectivity index (χ0) is 17.7. The molecule has 0 saturated carbocycles. The molecule has 1 aromatic carbocycles. The molecule has 0 bridgehead atoms. The molecule has 9 heteroatoms. The summed E-state index contributed by atoms with van der Waals surface area (Å²) in [5.74, 6) is -0.488. The minimum absolute atomic E-state index is 0.00915. The van der Waals surface area contributed by atoms with Crippen molar-refractivity contribution in [2.75, 3.05) is 18.8 Å². The average molecular weight is 349 g/mol. The van der Waals surface area contributed by atoms with Crippen LogP contribution in [-0.4, -0.2) is 37.4 Å². The van der Waals surface area contributed by atoms with E-state index in [0.29, 0.717) is 5.56 Å². The minimum Gasteiger partial charge on any atom is -0.382 e. The predicted molar refractivity (Wildman–Crippen MR) is 89.9 cm³/mol. The molecule has 2 rings (SSSR count). The van der Waals surface area contributed by atoms with Crippen LogP contribution in [0.3, 0.4) is 0 Å². The normalized spacial score (nSPS) is 11.2. The fourth-order valence-corrected chi connectivity index (χ4v) is 3.40. The Kier molecular flexibility index (Phi) is 5.47. The summed E-state index contributed by atoms with van der Waals surface area (Å²) in [7, 11) is -3.64. The standard InChI is InChI=1S/C15H19N5O3S/c1-10-3-4-11(2)12(9-10)24(22,23)20-8-7-19-15(21)13-14(16)18-6-5-17-13/h3-6,9,20H,7-8H2,1-2H3,(H2,16,18)(H,19,21). The lowest BCUT2D eigenvalue weighted by atomic mass is 10.2. The van der Waals surface area contributed by atoms with E-state index in [9.17, 15) is 13.2 Å². The van der Waals surface area contributed by atoms with Crippen LogP contribution < -0.4 is 15.8 Å². The molecule has 0 radical (unpaired) electrons. The molecular weight excluding hydrogens is 330 g/mol. The molecule has 0 fully saturated rings. The maximum Gasteiger partial charge on any atom is 0.273 e. The van der Waals surface area contributed by atoms with E-state index in [0.717, 1.165) is 5.56 Å². The molecule has 1 amide bonds. The Morgan fingerprint density at radius 2 is 1.88 bits per heavy atom. The SMILES string of the molecule is Cc1ccc(C)c(S(=O)(=O)NCCNC(=O)c2nccnc2N)c1. The van der Waals surface area contributed by atoms with E-state index < -0.39 is 15.9 Å². The third-order valence-corrected chi connectivity index (χ3v) is 4.88. The van der Waals surface area contributed by atoms with E-state index in [1.54, 1.807) is 19.1 Å². The van der Waals surface area contributed by atoms with Gasteiger partial charge in [0.25, 0.3) is 5.91 Å². The molecule has 128 valence electrons. The number of hydrogen-bond acceptors (Lipinski definition) is 6. The summed E-state index contributed by atoms with van der Waals surface area (Å²) >= 11 is 0. The van der Waals surface area contributed by atoms with Crippen molar-refractivity contribution >= 4 is 21.7 Å². The summed E-state index contributed by atoms with van der Waals surface area (Å²) in [4.78, 5) is 19.7. The Hall–Kier alpha value is -2.52. The molecular formula is C15H19N5O3S. The van der Waals surface area contributed by atoms with Gasteiger partial charge in [-0.2, -0.15) is 0 Å². The second-order valence-electron chi connectivity index (χ2n) is 5.21. The fraction of sp³-hybridized carbons (Fsp3) is 0.267. The number of aromatic nitrogens is 2. The highest BCUT2D eigenvalue weighted by Crippen LogP contribution is 2.16. The van der Waals surface area contributed by atoms with Gasteiger partial charge >= 0.3 is 0 Å². The molecule has 0 aliphatic heterocycles. The Bertz CT molecular complexity index is 852. The summed E-state index contributed by atoms with van der Waals surface area (Å²) in [6, 6.07) is 5.21. The quantitative estimate of drug-likeness (QED) is 0.647. The number of nitrogens with one attached hydrogen (secondary N) is 2. The summed E-state index contributed by atoms with van der Waals surface area (Å²) in [6.45, 7) is 3.69. The van der Waals surface area contributed by atoms with Crippen molar-refractivity contribution in [2.24, 2.45) is 0 Å². The summed E-state index contributed by atoms with van der Waals surface area (Å²) in [5.41, 5.74) is 7.08. The predicted octanol–water partition coefficient (Wildman–Crippen LogP) is 0.384. The molecule has 0 spiro atoms. The van der Waals surface area contributed by atoms with Crippen LogP contribution in [0.4, 0.5) is 5.82 Å². The van der Waals surface area contributed by atoms with Crippen molar-refractivity contribution in [2.45, 2.75) is 18.7 Å². The Morgan fingerprint density at radius 3 is 2.58 bits per heavy atom. The number of benzene rings is 1. The first-order valence-corrected chi connectivity index (χ1v) is 8.71. The number of rotatable bonds is 6.